The van der Waals surface area contributed by atoms with Crippen LogP contribution in [-0.2, 0) is 12.6 Å². The van der Waals surface area contributed by atoms with Crippen molar-refractivity contribution in [3.05, 3.63) is 53.6 Å². The molecule has 16 heavy (non-hydrogen) atoms. The molecule has 1 aromatic heterocycles. The summed E-state index contributed by atoms with van der Waals surface area (Å²) in [4.78, 5) is 0. The highest BCUT2D eigenvalue weighted by atomic mass is 19.1. The van der Waals surface area contributed by atoms with Gasteiger partial charge in [-0.15, -0.1) is 0 Å². The van der Waals surface area contributed by atoms with Crippen LogP contribution in [0, 0.1) is 5.82 Å². The summed E-state index contributed by atoms with van der Waals surface area (Å²) in [5.41, 5.74) is -0.282. The second kappa shape index (κ2) is 3.72. The lowest BCUT2D eigenvalue weighted by atomic mass is 9.93. The quantitative estimate of drug-likeness (QED) is 0.838. The average Bonchev–Trinajstić information content (AvgIpc) is 2.65. The lowest BCUT2D eigenvalue weighted by Gasteiger charge is -2.21. The average molecular weight is 220 g/mol. The molecule has 0 saturated carbocycles. The van der Waals surface area contributed by atoms with Crippen molar-refractivity contribution in [1.29, 1.82) is 0 Å². The predicted octanol–water partition coefficient (Wildman–Crippen LogP) is 1.81. The molecule has 4 heteroatoms. The van der Waals surface area contributed by atoms with E-state index in [4.69, 9.17) is 0 Å². The lowest BCUT2D eigenvalue weighted by Crippen LogP contribution is -2.23. The molecule has 0 bridgehead atoms. The summed E-state index contributed by atoms with van der Waals surface area (Å²) < 4.78 is 14.7. The topological polar surface area (TPSA) is 38.0 Å². The maximum absolute atomic E-state index is 13.1. The Morgan fingerprint density at radius 2 is 2.12 bits per heavy atom. The van der Waals surface area contributed by atoms with Crippen LogP contribution in [-0.4, -0.2) is 14.9 Å². The van der Waals surface area contributed by atoms with E-state index in [1.807, 2.05) is 0 Å². The molecule has 0 spiro atoms. The number of aromatic nitrogens is 2. The third-order valence-corrected chi connectivity index (χ3v) is 2.60. The number of aliphatic hydroxyl groups is 1. The number of benzene rings is 1. The molecule has 0 aliphatic carbocycles. The van der Waals surface area contributed by atoms with Crippen molar-refractivity contribution in [2.24, 2.45) is 7.05 Å². The molecule has 0 amide bonds. The Labute approximate surface area is 93.2 Å². The Morgan fingerprint density at radius 3 is 2.69 bits per heavy atom. The third kappa shape index (κ3) is 1.84. The van der Waals surface area contributed by atoms with Crippen LogP contribution < -0.4 is 0 Å². The molecule has 0 radical (unpaired) electrons. The molecule has 3 nitrogen and oxygen atoms in total. The molecule has 1 aromatic carbocycles. The first kappa shape index (κ1) is 10.8. The van der Waals surface area contributed by atoms with Crippen molar-refractivity contribution >= 4 is 0 Å². The Hall–Kier alpha value is -1.68. The zero-order chi connectivity index (χ0) is 11.8. The van der Waals surface area contributed by atoms with Crippen LogP contribution in [0.3, 0.4) is 0 Å². The van der Waals surface area contributed by atoms with Gasteiger partial charge in [0.2, 0.25) is 0 Å². The van der Waals surface area contributed by atoms with Crippen molar-refractivity contribution in [2.75, 3.05) is 0 Å². The number of aryl methyl sites for hydroxylation is 1. The van der Waals surface area contributed by atoms with Crippen molar-refractivity contribution in [1.82, 2.24) is 9.78 Å². The van der Waals surface area contributed by atoms with E-state index >= 15 is 0 Å². The van der Waals surface area contributed by atoms with E-state index in [0.29, 0.717) is 11.3 Å². The van der Waals surface area contributed by atoms with Crippen LogP contribution in [0.25, 0.3) is 0 Å². The minimum Gasteiger partial charge on any atom is -0.379 e. The van der Waals surface area contributed by atoms with Gasteiger partial charge >= 0.3 is 0 Å². The van der Waals surface area contributed by atoms with E-state index < -0.39 is 5.60 Å². The normalized spacial score (nSPS) is 14.8. The molecular formula is C12H13FN2O. The molecule has 2 rings (SSSR count). The zero-order valence-electron chi connectivity index (χ0n) is 9.18. The lowest BCUT2D eigenvalue weighted by molar-refractivity contribution is 0.0963. The molecule has 1 heterocycles. The van der Waals surface area contributed by atoms with Crippen LogP contribution in [0.4, 0.5) is 4.39 Å². The summed E-state index contributed by atoms with van der Waals surface area (Å²) in [7, 11) is 1.77. The fraction of sp³-hybridized carbons (Fsp3) is 0.250. The summed E-state index contributed by atoms with van der Waals surface area (Å²) in [6.07, 6.45) is 1.74. The molecule has 84 valence electrons. The third-order valence-electron chi connectivity index (χ3n) is 2.60. The van der Waals surface area contributed by atoms with Crippen LogP contribution in [0.5, 0.6) is 0 Å². The van der Waals surface area contributed by atoms with Gasteiger partial charge in [-0.3, -0.25) is 4.68 Å². The monoisotopic (exact) mass is 220 g/mol. The highest BCUT2D eigenvalue weighted by molar-refractivity contribution is 5.30. The maximum Gasteiger partial charge on any atom is 0.131 e. The summed E-state index contributed by atoms with van der Waals surface area (Å²) in [6, 6.07) is 7.62. The fourth-order valence-corrected chi connectivity index (χ4v) is 1.61. The smallest absolute Gasteiger partial charge is 0.131 e. The van der Waals surface area contributed by atoms with Gasteiger partial charge in [0.1, 0.15) is 11.4 Å². The first-order chi connectivity index (χ1) is 7.50. The molecular weight excluding hydrogens is 207 g/mol. The van der Waals surface area contributed by atoms with Crippen LogP contribution >= 0.6 is 0 Å². The minimum absolute atomic E-state index is 0.367. The van der Waals surface area contributed by atoms with E-state index in [2.05, 4.69) is 5.10 Å². The van der Waals surface area contributed by atoms with E-state index in [9.17, 15) is 9.50 Å². The summed E-state index contributed by atoms with van der Waals surface area (Å²) in [6.45, 7) is 1.60. The standard InChI is InChI=1S/C12H13FN2O/c1-12(16,11-6-7-15(2)14-11)9-4-3-5-10(13)8-9/h3-8,16H,1-2H3. The van der Waals surface area contributed by atoms with E-state index in [1.165, 1.54) is 12.1 Å². The number of rotatable bonds is 2. The van der Waals surface area contributed by atoms with Gasteiger partial charge in [-0.1, -0.05) is 12.1 Å². The van der Waals surface area contributed by atoms with Gasteiger partial charge in [0, 0.05) is 13.2 Å². The van der Waals surface area contributed by atoms with Crippen molar-refractivity contribution in [3.63, 3.8) is 0 Å². The molecule has 2 aromatic rings. The van der Waals surface area contributed by atoms with Crippen LogP contribution in [0.15, 0.2) is 36.5 Å². The zero-order valence-corrected chi connectivity index (χ0v) is 9.18. The van der Waals surface area contributed by atoms with E-state index in [0.717, 1.165) is 0 Å². The van der Waals surface area contributed by atoms with Gasteiger partial charge in [-0.05, 0) is 30.7 Å². The summed E-state index contributed by atoms with van der Waals surface area (Å²) in [5, 5.41) is 14.5. The van der Waals surface area contributed by atoms with Crippen molar-refractivity contribution in [3.8, 4) is 0 Å². The van der Waals surface area contributed by atoms with Gasteiger partial charge < -0.3 is 5.11 Å². The Kier molecular flexibility index (Phi) is 2.52. The molecule has 1 unspecified atom stereocenters. The Balaban J connectivity index is 2.46. The first-order valence-electron chi connectivity index (χ1n) is 4.98. The van der Waals surface area contributed by atoms with Gasteiger partial charge in [0.15, 0.2) is 0 Å². The van der Waals surface area contributed by atoms with E-state index in [1.54, 1.807) is 43.0 Å². The number of hydrogen-bond donors (Lipinski definition) is 1. The van der Waals surface area contributed by atoms with Crippen molar-refractivity contribution < 1.29 is 9.50 Å². The van der Waals surface area contributed by atoms with Gasteiger partial charge in [0.25, 0.3) is 0 Å². The fourth-order valence-electron chi connectivity index (χ4n) is 1.61. The first-order valence-corrected chi connectivity index (χ1v) is 4.98. The highest BCUT2D eigenvalue weighted by Gasteiger charge is 2.28. The number of nitrogens with zero attached hydrogens (tertiary/aromatic N) is 2. The summed E-state index contributed by atoms with van der Waals surface area (Å²) >= 11 is 0. The Morgan fingerprint density at radius 1 is 1.38 bits per heavy atom. The maximum atomic E-state index is 13.1. The SMILES string of the molecule is Cn1ccc(C(C)(O)c2cccc(F)c2)n1. The van der Waals surface area contributed by atoms with E-state index in [-0.39, 0.29) is 5.82 Å². The second-order valence-corrected chi connectivity index (χ2v) is 3.96. The predicted molar refractivity (Wildman–Crippen MR) is 58.3 cm³/mol. The van der Waals surface area contributed by atoms with Crippen LogP contribution in [0.1, 0.15) is 18.2 Å². The Bertz CT molecular complexity index is 505. The molecule has 0 aliphatic heterocycles. The molecule has 0 fully saturated rings. The highest BCUT2D eigenvalue weighted by Crippen LogP contribution is 2.27. The van der Waals surface area contributed by atoms with Crippen molar-refractivity contribution in [2.45, 2.75) is 12.5 Å². The molecule has 0 saturated heterocycles. The van der Waals surface area contributed by atoms with Gasteiger partial charge in [-0.2, -0.15) is 5.10 Å². The minimum atomic E-state index is -1.27. The van der Waals surface area contributed by atoms with Gasteiger partial charge in [-0.25, -0.2) is 4.39 Å². The molecule has 0 aliphatic rings. The largest absolute Gasteiger partial charge is 0.379 e. The molecule has 1 atom stereocenters. The second-order valence-electron chi connectivity index (χ2n) is 3.96. The summed E-state index contributed by atoms with van der Waals surface area (Å²) in [5.74, 6) is -0.367. The number of hydrogen-bond acceptors (Lipinski definition) is 2. The van der Waals surface area contributed by atoms with Gasteiger partial charge in [0.05, 0.1) is 5.69 Å². The molecule has 1 N–H and O–H groups in total. The number of halogens is 1. The van der Waals surface area contributed by atoms with Crippen LogP contribution in [0.2, 0.25) is 0 Å².